The zero-order valence-electron chi connectivity index (χ0n) is 16.5. The summed E-state index contributed by atoms with van der Waals surface area (Å²) in [4.78, 5) is 12.2. The molecule has 0 atom stereocenters. The van der Waals surface area contributed by atoms with E-state index in [-0.39, 0.29) is 33.5 Å². The summed E-state index contributed by atoms with van der Waals surface area (Å²) >= 11 is 5.98. The Balaban J connectivity index is 2.08. The molecule has 0 aromatic heterocycles. The number of nitrogens with one attached hydrogen (secondary N) is 1. The summed E-state index contributed by atoms with van der Waals surface area (Å²) in [6.45, 7) is -2.82. The molecule has 30 heavy (non-hydrogen) atoms. The lowest BCUT2D eigenvalue weighted by Crippen LogP contribution is -2.27. The van der Waals surface area contributed by atoms with Gasteiger partial charge < -0.3 is 14.8 Å². The number of nitrogens with zero attached hydrogens (tertiary/aromatic N) is 1. The van der Waals surface area contributed by atoms with Gasteiger partial charge in [0.1, 0.15) is 4.90 Å². The summed E-state index contributed by atoms with van der Waals surface area (Å²) in [5.41, 5.74) is 0.759. The van der Waals surface area contributed by atoms with Crippen LogP contribution in [0.4, 0.5) is 8.78 Å². The highest BCUT2D eigenvalue weighted by atomic mass is 35.5. The van der Waals surface area contributed by atoms with Gasteiger partial charge in [0.25, 0.3) is 5.91 Å². The van der Waals surface area contributed by atoms with Crippen LogP contribution in [0.5, 0.6) is 11.5 Å². The van der Waals surface area contributed by atoms with Crippen molar-refractivity contribution in [2.45, 2.75) is 17.9 Å². The number of alkyl halides is 2. The maximum absolute atomic E-state index is 12.5. The van der Waals surface area contributed by atoms with Crippen molar-refractivity contribution in [2.24, 2.45) is 0 Å². The number of halogens is 3. The molecule has 0 bridgehead atoms. The zero-order valence-corrected chi connectivity index (χ0v) is 18.1. The second-order valence-corrected chi connectivity index (χ2v) is 8.83. The van der Waals surface area contributed by atoms with Crippen LogP contribution >= 0.6 is 11.6 Å². The van der Waals surface area contributed by atoms with Crippen LogP contribution in [-0.4, -0.2) is 53.0 Å². The van der Waals surface area contributed by atoms with Crippen LogP contribution in [0, 0.1) is 0 Å². The van der Waals surface area contributed by atoms with E-state index in [0.29, 0.717) is 12.0 Å². The van der Waals surface area contributed by atoms with Crippen LogP contribution in [0.3, 0.4) is 0 Å². The predicted molar refractivity (Wildman–Crippen MR) is 108 cm³/mol. The molecular formula is C19H21ClF2N2O5S. The molecule has 0 heterocycles. The predicted octanol–water partition coefficient (Wildman–Crippen LogP) is 3.17. The van der Waals surface area contributed by atoms with Gasteiger partial charge in [-0.2, -0.15) is 8.78 Å². The maximum atomic E-state index is 12.5. The molecule has 2 aromatic carbocycles. The van der Waals surface area contributed by atoms with Gasteiger partial charge in [0.15, 0.2) is 11.5 Å². The Bertz CT molecular complexity index is 1020. The number of rotatable bonds is 9. The number of sulfonamides is 1. The van der Waals surface area contributed by atoms with Gasteiger partial charge in [0.05, 0.1) is 12.1 Å². The van der Waals surface area contributed by atoms with E-state index >= 15 is 0 Å². The van der Waals surface area contributed by atoms with Crippen LogP contribution in [0.2, 0.25) is 5.02 Å². The molecule has 0 aliphatic carbocycles. The number of amides is 1. The topological polar surface area (TPSA) is 84.9 Å². The van der Waals surface area contributed by atoms with Crippen molar-refractivity contribution in [2.75, 3.05) is 27.7 Å². The molecule has 1 N–H and O–H groups in total. The summed E-state index contributed by atoms with van der Waals surface area (Å²) in [7, 11) is 0.244. The average Bonchev–Trinajstić information content (AvgIpc) is 2.67. The Labute approximate surface area is 178 Å². The average molecular weight is 463 g/mol. The van der Waals surface area contributed by atoms with Crippen molar-refractivity contribution in [1.82, 2.24) is 9.62 Å². The number of benzene rings is 2. The molecule has 7 nitrogen and oxygen atoms in total. The minimum atomic E-state index is -3.81. The third kappa shape index (κ3) is 5.80. The first-order chi connectivity index (χ1) is 14.1. The van der Waals surface area contributed by atoms with Gasteiger partial charge in [-0.05, 0) is 42.3 Å². The largest absolute Gasteiger partial charge is 0.493 e. The summed E-state index contributed by atoms with van der Waals surface area (Å²) in [5, 5.41) is 2.66. The quantitative estimate of drug-likeness (QED) is 0.618. The van der Waals surface area contributed by atoms with Gasteiger partial charge in [-0.15, -0.1) is 0 Å². The number of hydrogen-bond donors (Lipinski definition) is 1. The molecule has 1 amide bonds. The number of methoxy groups -OCH3 is 1. The molecule has 0 aliphatic rings. The first-order valence-electron chi connectivity index (χ1n) is 8.68. The molecule has 0 saturated heterocycles. The smallest absolute Gasteiger partial charge is 0.387 e. The summed E-state index contributed by atoms with van der Waals surface area (Å²) in [5.74, 6) is -0.439. The second-order valence-electron chi connectivity index (χ2n) is 6.30. The van der Waals surface area contributed by atoms with Crippen LogP contribution < -0.4 is 14.8 Å². The number of ether oxygens (including phenoxy) is 2. The fraction of sp³-hybridized carbons (Fsp3) is 0.316. The van der Waals surface area contributed by atoms with E-state index in [9.17, 15) is 22.0 Å². The van der Waals surface area contributed by atoms with Crippen LogP contribution in [0.1, 0.15) is 15.9 Å². The minimum absolute atomic E-state index is 0.00467. The Kier molecular flexibility index (Phi) is 7.99. The van der Waals surface area contributed by atoms with Crippen LogP contribution in [0.15, 0.2) is 41.3 Å². The van der Waals surface area contributed by atoms with E-state index in [0.717, 1.165) is 4.31 Å². The van der Waals surface area contributed by atoms with Crippen molar-refractivity contribution >= 4 is 27.5 Å². The van der Waals surface area contributed by atoms with Gasteiger partial charge in [-0.1, -0.05) is 17.7 Å². The Morgan fingerprint density at radius 1 is 1.17 bits per heavy atom. The summed E-state index contributed by atoms with van der Waals surface area (Å²) < 4.78 is 60.1. The molecule has 0 radical (unpaired) electrons. The molecule has 11 heteroatoms. The van der Waals surface area contributed by atoms with E-state index in [2.05, 4.69) is 10.1 Å². The van der Waals surface area contributed by atoms with Gasteiger partial charge in [0, 0.05) is 26.2 Å². The molecule has 0 unspecified atom stereocenters. The van der Waals surface area contributed by atoms with Gasteiger partial charge in [-0.3, -0.25) is 4.79 Å². The van der Waals surface area contributed by atoms with E-state index < -0.39 is 22.5 Å². The lowest BCUT2D eigenvalue weighted by Gasteiger charge is -2.14. The van der Waals surface area contributed by atoms with E-state index in [1.807, 2.05) is 0 Å². The first-order valence-corrected chi connectivity index (χ1v) is 10.5. The molecule has 0 aliphatic heterocycles. The van der Waals surface area contributed by atoms with E-state index in [1.54, 1.807) is 6.07 Å². The monoisotopic (exact) mass is 462 g/mol. The van der Waals surface area contributed by atoms with Gasteiger partial charge in [0.2, 0.25) is 10.0 Å². The molecule has 0 fully saturated rings. The summed E-state index contributed by atoms with van der Waals surface area (Å²) in [6.07, 6.45) is 0.325. The lowest BCUT2D eigenvalue weighted by molar-refractivity contribution is -0.0512. The van der Waals surface area contributed by atoms with Crippen molar-refractivity contribution in [3.05, 3.63) is 52.5 Å². The minimum Gasteiger partial charge on any atom is -0.493 e. The summed E-state index contributed by atoms with van der Waals surface area (Å²) in [6, 6.07) is 8.51. The number of carbonyl (C=O) groups excluding carboxylic acids is 1. The fourth-order valence-electron chi connectivity index (χ4n) is 2.53. The Morgan fingerprint density at radius 3 is 2.47 bits per heavy atom. The Morgan fingerprint density at radius 2 is 1.87 bits per heavy atom. The molecule has 0 saturated carbocycles. The van der Waals surface area contributed by atoms with Crippen LogP contribution in [0.25, 0.3) is 0 Å². The molecule has 0 spiro atoms. The second kappa shape index (κ2) is 10.1. The zero-order chi connectivity index (χ0) is 22.5. The van der Waals surface area contributed by atoms with Gasteiger partial charge in [-0.25, -0.2) is 12.7 Å². The van der Waals surface area contributed by atoms with Crippen molar-refractivity contribution in [3.63, 3.8) is 0 Å². The highest BCUT2D eigenvalue weighted by Crippen LogP contribution is 2.29. The molecular weight excluding hydrogens is 442 g/mol. The SMILES string of the molecule is COc1ccc(CCNC(=O)c2ccc(Cl)c(S(=O)(=O)N(C)C)c2)cc1OC(F)F. The maximum Gasteiger partial charge on any atom is 0.387 e. The van der Waals surface area contributed by atoms with E-state index in [1.165, 1.54) is 51.5 Å². The normalized spacial score (nSPS) is 11.6. The third-order valence-electron chi connectivity index (χ3n) is 4.10. The first kappa shape index (κ1) is 23.8. The highest BCUT2D eigenvalue weighted by molar-refractivity contribution is 7.89. The van der Waals surface area contributed by atoms with Crippen molar-refractivity contribution < 1.29 is 31.5 Å². The van der Waals surface area contributed by atoms with E-state index in [4.69, 9.17) is 16.3 Å². The highest BCUT2D eigenvalue weighted by Gasteiger charge is 2.22. The lowest BCUT2D eigenvalue weighted by atomic mass is 10.1. The van der Waals surface area contributed by atoms with Crippen molar-refractivity contribution in [3.8, 4) is 11.5 Å². The standard InChI is InChI=1S/C19H21ClF2N2O5S/c1-24(2)30(26,27)17-11-13(5-6-14(17)20)18(25)23-9-8-12-4-7-15(28-3)16(10-12)29-19(21)22/h4-7,10-11,19H,8-9H2,1-3H3,(H,23,25). The third-order valence-corrected chi connectivity index (χ3v) is 6.39. The van der Waals surface area contributed by atoms with Crippen molar-refractivity contribution in [1.29, 1.82) is 0 Å². The number of hydrogen-bond acceptors (Lipinski definition) is 5. The Hall–Kier alpha value is -2.43. The molecule has 2 rings (SSSR count). The van der Waals surface area contributed by atoms with Crippen LogP contribution in [-0.2, 0) is 16.4 Å². The van der Waals surface area contributed by atoms with Gasteiger partial charge >= 0.3 is 6.61 Å². The number of carbonyl (C=O) groups is 1. The fourth-order valence-corrected chi connectivity index (χ4v) is 3.92. The molecule has 2 aromatic rings. The molecule has 164 valence electrons.